The Morgan fingerprint density at radius 3 is 2.57 bits per heavy atom. The lowest BCUT2D eigenvalue weighted by atomic mass is 9.70. The average molecular weight is 444 g/mol. The smallest absolute Gasteiger partial charge is 0.260 e. The summed E-state index contributed by atoms with van der Waals surface area (Å²) in [5, 5.41) is -0.820. The van der Waals surface area contributed by atoms with Crippen LogP contribution in [0.5, 0.6) is 0 Å². The minimum Gasteiger partial charge on any atom is -0.377 e. The van der Waals surface area contributed by atoms with E-state index in [0.717, 1.165) is 23.2 Å². The molecule has 8 heteroatoms. The minimum absolute atomic E-state index is 0.0307. The number of piperazine rings is 1. The van der Waals surface area contributed by atoms with E-state index < -0.39 is 15.7 Å². The number of methoxy groups -OCH3 is 1. The first-order chi connectivity index (χ1) is 14.3. The fraction of sp³-hybridized carbons (Fsp3) is 0.455. The molecule has 1 aliphatic carbocycles. The molecule has 2 fully saturated rings. The first-order valence-electron chi connectivity index (χ1n) is 10.0. The molecule has 2 amide bonds. The highest BCUT2D eigenvalue weighted by Crippen LogP contribution is 2.62. The Morgan fingerprint density at radius 1 is 1.17 bits per heavy atom. The van der Waals surface area contributed by atoms with Crippen LogP contribution in [0.15, 0.2) is 48.1 Å². The van der Waals surface area contributed by atoms with Gasteiger partial charge in [-0.25, -0.2) is 0 Å². The number of amides is 2. The number of thiol groups is 2. The van der Waals surface area contributed by atoms with Crippen molar-refractivity contribution in [1.29, 1.82) is 0 Å². The van der Waals surface area contributed by atoms with E-state index in [9.17, 15) is 9.59 Å². The van der Waals surface area contributed by atoms with Crippen LogP contribution in [0.3, 0.4) is 0 Å². The van der Waals surface area contributed by atoms with Gasteiger partial charge >= 0.3 is 0 Å². The van der Waals surface area contributed by atoms with E-state index in [0.29, 0.717) is 6.42 Å². The molecule has 5 rings (SSSR count). The summed E-state index contributed by atoms with van der Waals surface area (Å²) < 4.78 is 5.49. The number of carbonyl (C=O) groups excluding carboxylic acids is 2. The summed E-state index contributed by atoms with van der Waals surface area (Å²) in [6.45, 7) is 0. The van der Waals surface area contributed by atoms with E-state index in [1.54, 1.807) is 19.1 Å². The summed E-state index contributed by atoms with van der Waals surface area (Å²) in [7, 11) is 5.31. The van der Waals surface area contributed by atoms with Crippen LogP contribution in [0.1, 0.15) is 18.4 Å². The van der Waals surface area contributed by atoms with Gasteiger partial charge in [0.25, 0.3) is 11.8 Å². The van der Waals surface area contributed by atoms with Crippen LogP contribution in [0, 0.1) is 0 Å². The number of carbonyl (C=O) groups is 2. The summed E-state index contributed by atoms with van der Waals surface area (Å²) in [5.74, 6) is -0.391. The molecule has 158 valence electrons. The quantitative estimate of drug-likeness (QED) is 0.688. The molecule has 1 aromatic carbocycles. The van der Waals surface area contributed by atoms with E-state index >= 15 is 0 Å². The average Bonchev–Trinajstić information content (AvgIpc) is 3.19. The maximum absolute atomic E-state index is 13.5. The van der Waals surface area contributed by atoms with Crippen molar-refractivity contribution < 1.29 is 14.3 Å². The van der Waals surface area contributed by atoms with Crippen molar-refractivity contribution >= 4 is 42.8 Å². The number of hydrogen-bond donors (Lipinski definition) is 2. The zero-order valence-electron chi connectivity index (χ0n) is 17.1. The lowest BCUT2D eigenvalue weighted by molar-refractivity contribution is -0.157. The number of fused-ring (bicyclic) bond motifs is 5. The normalized spacial score (nSPS) is 37.3. The minimum atomic E-state index is -1.23. The van der Waals surface area contributed by atoms with Crippen LogP contribution in [-0.4, -0.2) is 65.3 Å². The van der Waals surface area contributed by atoms with Crippen LogP contribution >= 0.6 is 25.3 Å². The van der Waals surface area contributed by atoms with Gasteiger partial charge in [0.15, 0.2) is 10.2 Å². The summed E-state index contributed by atoms with van der Waals surface area (Å²) in [6.07, 6.45) is 7.15. The molecule has 1 aromatic rings. The number of rotatable bonds is 2. The van der Waals surface area contributed by atoms with Crippen LogP contribution in [0.4, 0.5) is 5.69 Å². The fourth-order valence-corrected chi connectivity index (χ4v) is 6.54. The fourth-order valence-electron chi connectivity index (χ4n) is 5.69. The molecule has 30 heavy (non-hydrogen) atoms. The zero-order valence-corrected chi connectivity index (χ0v) is 18.9. The first-order valence-corrected chi connectivity index (χ1v) is 11.0. The third-order valence-electron chi connectivity index (χ3n) is 7.11. The molecule has 5 atom stereocenters. The molecule has 4 aliphatic rings. The van der Waals surface area contributed by atoms with E-state index in [1.807, 2.05) is 19.2 Å². The Bertz CT molecular complexity index is 1010. The van der Waals surface area contributed by atoms with Gasteiger partial charge < -0.3 is 14.5 Å². The Morgan fingerprint density at radius 2 is 1.90 bits per heavy atom. The highest BCUT2D eigenvalue weighted by atomic mass is 32.1. The molecule has 0 N–H and O–H groups in total. The zero-order chi connectivity index (χ0) is 21.4. The standard InChI is InChI=1S/C22H25N3O3S2/c1-23-16-7-5-4-6-15(16)21(13-8-10-14(28-3)11-9-13)12-22(30)20(27)24(2)18(29)17(26)25(22)19(21)23/h4-10,14,18-19,29-30H,11-12H2,1-3H3/t14?,18-,19+,21-,22-/m0/s1. The molecule has 1 unspecified atom stereocenters. The third-order valence-corrected chi connectivity index (χ3v) is 8.24. The number of allylic oxidation sites excluding steroid dienone is 1. The highest BCUT2D eigenvalue weighted by Gasteiger charge is 2.71. The van der Waals surface area contributed by atoms with Gasteiger partial charge in [-0.15, -0.1) is 25.3 Å². The molecule has 2 saturated heterocycles. The lowest BCUT2D eigenvalue weighted by Gasteiger charge is -2.47. The summed E-state index contributed by atoms with van der Waals surface area (Å²) >= 11 is 9.33. The van der Waals surface area contributed by atoms with E-state index in [1.165, 1.54) is 4.90 Å². The topological polar surface area (TPSA) is 53.1 Å². The maximum Gasteiger partial charge on any atom is 0.260 e. The first kappa shape index (κ1) is 20.0. The third kappa shape index (κ3) is 2.27. The SMILES string of the molecule is COC1C=CC([C@]23C[C@]4(S)C(=O)N(C)[C@@H](S)C(=O)N4[C@H]2N(C)c2ccccc23)=CC1. The van der Waals surface area contributed by atoms with Crippen molar-refractivity contribution in [3.05, 3.63) is 53.6 Å². The molecule has 0 bridgehead atoms. The number of likely N-dealkylation sites (N-methyl/N-ethyl adjacent to an activating group) is 2. The van der Waals surface area contributed by atoms with Gasteiger partial charge in [-0.05, 0) is 23.6 Å². The summed E-state index contributed by atoms with van der Waals surface area (Å²) in [6, 6.07) is 8.19. The van der Waals surface area contributed by atoms with Crippen LogP contribution in [0.25, 0.3) is 0 Å². The van der Waals surface area contributed by atoms with Crippen molar-refractivity contribution in [2.45, 2.75) is 40.8 Å². The molecule has 3 aliphatic heterocycles. The molecule has 6 nitrogen and oxygen atoms in total. The molecule has 0 spiro atoms. The number of benzene rings is 1. The molecule has 0 aromatic heterocycles. The van der Waals surface area contributed by atoms with Gasteiger partial charge in [0.1, 0.15) is 6.17 Å². The largest absolute Gasteiger partial charge is 0.377 e. The molecule has 0 saturated carbocycles. The highest BCUT2D eigenvalue weighted by molar-refractivity contribution is 7.83. The second-order valence-corrected chi connectivity index (χ2v) is 9.72. The molecular weight excluding hydrogens is 418 g/mol. The Hall–Kier alpha value is -1.90. The van der Waals surface area contributed by atoms with Gasteiger partial charge in [-0.1, -0.05) is 36.4 Å². The van der Waals surface area contributed by atoms with Crippen molar-refractivity contribution in [3.63, 3.8) is 0 Å². The van der Waals surface area contributed by atoms with Gasteiger partial charge in [-0.3, -0.25) is 14.5 Å². The summed E-state index contributed by atoms with van der Waals surface area (Å²) in [5.41, 5.74) is 2.72. The van der Waals surface area contributed by atoms with Gasteiger partial charge in [-0.2, -0.15) is 0 Å². The van der Waals surface area contributed by atoms with Crippen molar-refractivity contribution in [2.24, 2.45) is 0 Å². The van der Waals surface area contributed by atoms with E-state index in [-0.39, 0.29) is 24.1 Å². The van der Waals surface area contributed by atoms with Crippen molar-refractivity contribution in [2.75, 3.05) is 26.1 Å². The van der Waals surface area contributed by atoms with Gasteiger partial charge in [0.05, 0.1) is 11.5 Å². The molecule has 0 radical (unpaired) electrons. The summed E-state index contributed by atoms with van der Waals surface area (Å²) in [4.78, 5) is 30.8. The monoisotopic (exact) mass is 443 g/mol. The van der Waals surface area contributed by atoms with Crippen LogP contribution in [0.2, 0.25) is 0 Å². The van der Waals surface area contributed by atoms with E-state index in [4.69, 9.17) is 17.4 Å². The number of ether oxygens (including phenoxy) is 1. The van der Waals surface area contributed by atoms with Crippen molar-refractivity contribution in [3.8, 4) is 0 Å². The second kappa shape index (κ2) is 6.55. The number of anilines is 1. The Balaban J connectivity index is 1.74. The van der Waals surface area contributed by atoms with Crippen LogP contribution in [-0.2, 0) is 19.7 Å². The number of nitrogens with zero attached hydrogens (tertiary/aromatic N) is 3. The lowest BCUT2D eigenvalue weighted by Crippen LogP contribution is -2.68. The number of hydrogen-bond acceptors (Lipinski definition) is 6. The van der Waals surface area contributed by atoms with Crippen molar-refractivity contribution in [1.82, 2.24) is 9.80 Å². The van der Waals surface area contributed by atoms with E-state index in [2.05, 4.69) is 47.9 Å². The molecule has 3 heterocycles. The van der Waals surface area contributed by atoms with Crippen LogP contribution < -0.4 is 4.90 Å². The predicted octanol–water partition coefficient (Wildman–Crippen LogP) is 2.19. The maximum atomic E-state index is 13.5. The molecular formula is C22H25N3O3S2. The van der Waals surface area contributed by atoms with Gasteiger partial charge in [0, 0.05) is 33.3 Å². The Kier molecular flexibility index (Phi) is 4.37. The number of para-hydroxylation sites is 1. The predicted molar refractivity (Wildman–Crippen MR) is 122 cm³/mol. The Labute approximate surface area is 187 Å². The van der Waals surface area contributed by atoms with Gasteiger partial charge in [0.2, 0.25) is 0 Å². The second-order valence-electron chi connectivity index (χ2n) is 8.49.